The third-order valence-corrected chi connectivity index (χ3v) is 3.20. The van der Waals surface area contributed by atoms with E-state index in [4.69, 9.17) is 0 Å². The topological polar surface area (TPSA) is 23.5 Å². The number of aryl methyl sites for hydroxylation is 1. The minimum absolute atomic E-state index is 0.248. The van der Waals surface area contributed by atoms with Gasteiger partial charge in [-0.3, -0.25) is 0 Å². The fraction of sp³-hybridized carbons (Fsp3) is 0.571. The summed E-state index contributed by atoms with van der Waals surface area (Å²) < 4.78 is 12.9. The van der Waals surface area contributed by atoms with Gasteiger partial charge in [-0.1, -0.05) is 19.9 Å². The van der Waals surface area contributed by atoms with Gasteiger partial charge in [0.15, 0.2) is 0 Å². The van der Waals surface area contributed by atoms with Crippen LogP contribution in [0.3, 0.4) is 0 Å². The van der Waals surface area contributed by atoms with Crippen LogP contribution in [0.2, 0.25) is 0 Å². The first-order valence-corrected chi connectivity index (χ1v) is 6.25. The van der Waals surface area contributed by atoms with Gasteiger partial charge in [-0.2, -0.15) is 0 Å². The first-order chi connectivity index (χ1) is 8.08. The lowest BCUT2D eigenvalue weighted by Crippen LogP contribution is -2.25. The van der Waals surface area contributed by atoms with Crippen molar-refractivity contribution in [1.82, 2.24) is 4.90 Å². The van der Waals surface area contributed by atoms with Gasteiger partial charge in [-0.15, -0.1) is 0 Å². The minimum atomic E-state index is -0.504. The number of nitrogens with zero attached hydrogens (tertiary/aromatic N) is 1. The van der Waals surface area contributed by atoms with Gasteiger partial charge < -0.3 is 10.0 Å². The SMILES string of the molecule is CCN(CC)CCC(O)c1ccc(F)cc1C. The predicted molar refractivity (Wildman–Crippen MR) is 68.5 cm³/mol. The number of aliphatic hydroxyl groups excluding tert-OH is 1. The maximum atomic E-state index is 12.9. The van der Waals surface area contributed by atoms with E-state index in [9.17, 15) is 9.50 Å². The van der Waals surface area contributed by atoms with Crippen molar-refractivity contribution in [2.45, 2.75) is 33.3 Å². The van der Waals surface area contributed by atoms with E-state index in [-0.39, 0.29) is 5.82 Å². The molecule has 2 nitrogen and oxygen atoms in total. The van der Waals surface area contributed by atoms with Crippen molar-refractivity contribution in [1.29, 1.82) is 0 Å². The Bertz CT molecular complexity index is 350. The van der Waals surface area contributed by atoms with Crippen LogP contribution in [-0.4, -0.2) is 29.6 Å². The Morgan fingerprint density at radius 3 is 2.47 bits per heavy atom. The Morgan fingerprint density at radius 2 is 1.94 bits per heavy atom. The summed E-state index contributed by atoms with van der Waals surface area (Å²) in [6.45, 7) is 8.90. The van der Waals surface area contributed by atoms with Crippen LogP contribution in [0.15, 0.2) is 18.2 Å². The third-order valence-electron chi connectivity index (χ3n) is 3.20. The number of rotatable bonds is 6. The zero-order chi connectivity index (χ0) is 12.8. The number of hydrogen-bond donors (Lipinski definition) is 1. The van der Waals surface area contributed by atoms with Crippen LogP contribution in [-0.2, 0) is 0 Å². The van der Waals surface area contributed by atoms with Crippen LogP contribution < -0.4 is 0 Å². The molecule has 0 aliphatic rings. The van der Waals surface area contributed by atoms with Gasteiger partial charge in [-0.05, 0) is 49.7 Å². The largest absolute Gasteiger partial charge is 0.388 e. The zero-order valence-corrected chi connectivity index (χ0v) is 10.9. The summed E-state index contributed by atoms with van der Waals surface area (Å²) in [7, 11) is 0. The molecule has 0 heterocycles. The van der Waals surface area contributed by atoms with E-state index in [0.717, 1.165) is 30.8 Å². The molecule has 3 heteroatoms. The van der Waals surface area contributed by atoms with E-state index in [1.54, 1.807) is 6.07 Å². The summed E-state index contributed by atoms with van der Waals surface area (Å²) in [5, 5.41) is 10.1. The van der Waals surface area contributed by atoms with E-state index >= 15 is 0 Å². The van der Waals surface area contributed by atoms with Crippen LogP contribution in [0.25, 0.3) is 0 Å². The van der Waals surface area contributed by atoms with Gasteiger partial charge in [0.05, 0.1) is 6.10 Å². The molecule has 0 fully saturated rings. The van der Waals surface area contributed by atoms with Crippen LogP contribution in [0.5, 0.6) is 0 Å². The number of benzene rings is 1. The highest BCUT2D eigenvalue weighted by Crippen LogP contribution is 2.21. The maximum Gasteiger partial charge on any atom is 0.123 e. The maximum absolute atomic E-state index is 12.9. The molecular formula is C14H22FNO. The second kappa shape index (κ2) is 6.72. The lowest BCUT2D eigenvalue weighted by Gasteiger charge is -2.21. The Labute approximate surface area is 103 Å². The Morgan fingerprint density at radius 1 is 1.29 bits per heavy atom. The van der Waals surface area contributed by atoms with E-state index in [0.29, 0.717) is 6.42 Å². The van der Waals surface area contributed by atoms with Crippen molar-refractivity contribution in [3.63, 3.8) is 0 Å². The highest BCUT2D eigenvalue weighted by molar-refractivity contribution is 5.28. The molecule has 1 N–H and O–H groups in total. The average molecular weight is 239 g/mol. The molecule has 0 spiro atoms. The van der Waals surface area contributed by atoms with Crippen LogP contribution >= 0.6 is 0 Å². The number of aliphatic hydroxyl groups is 1. The van der Waals surface area contributed by atoms with E-state index in [2.05, 4.69) is 18.7 Å². The van der Waals surface area contributed by atoms with Crippen LogP contribution in [0.4, 0.5) is 4.39 Å². The summed E-state index contributed by atoms with van der Waals surface area (Å²) in [6.07, 6.45) is 0.185. The van der Waals surface area contributed by atoms with E-state index in [1.165, 1.54) is 12.1 Å². The van der Waals surface area contributed by atoms with Gasteiger partial charge in [0.25, 0.3) is 0 Å². The Kier molecular flexibility index (Phi) is 5.59. The van der Waals surface area contributed by atoms with Gasteiger partial charge in [0, 0.05) is 6.54 Å². The molecule has 1 atom stereocenters. The molecule has 1 aromatic rings. The molecule has 0 saturated carbocycles. The molecule has 1 aromatic carbocycles. The lowest BCUT2D eigenvalue weighted by atomic mass is 10.0. The average Bonchev–Trinajstić information content (AvgIpc) is 2.30. The molecule has 0 amide bonds. The molecule has 0 aromatic heterocycles. The summed E-state index contributed by atoms with van der Waals surface area (Å²) >= 11 is 0. The Balaban J connectivity index is 2.60. The summed E-state index contributed by atoms with van der Waals surface area (Å²) in [6, 6.07) is 4.55. The fourth-order valence-corrected chi connectivity index (χ4v) is 2.01. The van der Waals surface area contributed by atoms with Gasteiger partial charge in [0.1, 0.15) is 5.82 Å². The molecular weight excluding hydrogens is 217 g/mol. The summed E-state index contributed by atoms with van der Waals surface area (Å²) in [5.74, 6) is -0.248. The molecule has 0 aliphatic heterocycles. The van der Waals surface area contributed by atoms with Crippen molar-refractivity contribution in [3.05, 3.63) is 35.1 Å². The monoisotopic (exact) mass is 239 g/mol. The molecule has 17 heavy (non-hydrogen) atoms. The van der Waals surface area contributed by atoms with Gasteiger partial charge >= 0.3 is 0 Å². The highest BCUT2D eigenvalue weighted by Gasteiger charge is 2.12. The van der Waals surface area contributed by atoms with Crippen molar-refractivity contribution in [2.75, 3.05) is 19.6 Å². The molecule has 0 radical (unpaired) electrons. The van der Waals surface area contributed by atoms with Crippen molar-refractivity contribution in [2.24, 2.45) is 0 Å². The molecule has 1 rings (SSSR count). The first-order valence-electron chi connectivity index (χ1n) is 6.25. The van der Waals surface area contributed by atoms with E-state index in [1.807, 2.05) is 6.92 Å². The zero-order valence-electron chi connectivity index (χ0n) is 10.9. The molecule has 0 bridgehead atoms. The lowest BCUT2D eigenvalue weighted by molar-refractivity contribution is 0.144. The van der Waals surface area contributed by atoms with Crippen LogP contribution in [0, 0.1) is 12.7 Å². The second-order valence-electron chi connectivity index (χ2n) is 4.33. The fourth-order valence-electron chi connectivity index (χ4n) is 2.01. The first kappa shape index (κ1) is 14.1. The minimum Gasteiger partial charge on any atom is -0.388 e. The summed E-state index contributed by atoms with van der Waals surface area (Å²) in [4.78, 5) is 2.27. The third kappa shape index (κ3) is 4.10. The van der Waals surface area contributed by atoms with E-state index < -0.39 is 6.10 Å². The van der Waals surface area contributed by atoms with Crippen molar-refractivity contribution in [3.8, 4) is 0 Å². The summed E-state index contributed by atoms with van der Waals surface area (Å²) in [5.41, 5.74) is 1.65. The van der Waals surface area contributed by atoms with Crippen LogP contribution in [0.1, 0.15) is 37.5 Å². The number of halogens is 1. The Hall–Kier alpha value is -0.930. The molecule has 0 aliphatic carbocycles. The molecule has 0 saturated heterocycles. The molecule has 1 unspecified atom stereocenters. The second-order valence-corrected chi connectivity index (χ2v) is 4.33. The standard InChI is InChI=1S/C14H22FNO/c1-4-16(5-2)9-8-14(17)13-7-6-12(15)10-11(13)3/h6-7,10,14,17H,4-5,8-9H2,1-3H3. The normalized spacial score (nSPS) is 13.1. The van der Waals surface area contributed by atoms with Crippen molar-refractivity contribution < 1.29 is 9.50 Å². The quantitative estimate of drug-likeness (QED) is 0.825. The van der Waals surface area contributed by atoms with Gasteiger partial charge in [-0.25, -0.2) is 4.39 Å². The highest BCUT2D eigenvalue weighted by atomic mass is 19.1. The predicted octanol–water partition coefficient (Wildman–Crippen LogP) is 2.90. The molecule has 96 valence electrons. The van der Waals surface area contributed by atoms with Crippen molar-refractivity contribution >= 4 is 0 Å². The number of hydrogen-bond acceptors (Lipinski definition) is 2. The smallest absolute Gasteiger partial charge is 0.123 e. The van der Waals surface area contributed by atoms with Gasteiger partial charge in [0.2, 0.25) is 0 Å².